The molecule has 0 fully saturated rings. The molecule has 2 nitrogen and oxygen atoms in total. The van der Waals surface area contributed by atoms with Crippen LogP contribution in [0.2, 0.25) is 0 Å². The SMILES string of the molecule is CC(CN)N(c1ccccc1)c1ccccc1. The zero-order valence-corrected chi connectivity index (χ0v) is 10.1. The molecule has 2 N–H and O–H groups in total. The Morgan fingerprint density at radius 2 is 1.29 bits per heavy atom. The largest absolute Gasteiger partial charge is 0.337 e. The third-order valence-corrected chi connectivity index (χ3v) is 2.85. The van der Waals surface area contributed by atoms with Gasteiger partial charge in [-0.25, -0.2) is 0 Å². The van der Waals surface area contributed by atoms with Gasteiger partial charge in [0.2, 0.25) is 0 Å². The van der Waals surface area contributed by atoms with Crippen LogP contribution in [0.3, 0.4) is 0 Å². The van der Waals surface area contributed by atoms with Crippen LogP contribution in [0.5, 0.6) is 0 Å². The van der Waals surface area contributed by atoms with Gasteiger partial charge >= 0.3 is 0 Å². The number of anilines is 2. The maximum absolute atomic E-state index is 5.81. The van der Waals surface area contributed by atoms with Crippen LogP contribution in [-0.4, -0.2) is 12.6 Å². The van der Waals surface area contributed by atoms with Gasteiger partial charge in [0, 0.05) is 24.0 Å². The summed E-state index contributed by atoms with van der Waals surface area (Å²) < 4.78 is 0. The van der Waals surface area contributed by atoms with E-state index in [1.807, 2.05) is 12.1 Å². The van der Waals surface area contributed by atoms with Gasteiger partial charge in [0.1, 0.15) is 0 Å². The van der Waals surface area contributed by atoms with Crippen molar-refractivity contribution in [2.24, 2.45) is 5.73 Å². The average Bonchev–Trinajstić information content (AvgIpc) is 2.41. The van der Waals surface area contributed by atoms with Crippen molar-refractivity contribution in [2.75, 3.05) is 11.4 Å². The second-order valence-electron chi connectivity index (χ2n) is 4.13. The summed E-state index contributed by atoms with van der Waals surface area (Å²) in [6.07, 6.45) is 0. The van der Waals surface area contributed by atoms with E-state index in [-0.39, 0.29) is 6.04 Å². The maximum Gasteiger partial charge on any atom is 0.0436 e. The first-order chi connectivity index (χ1) is 8.33. The lowest BCUT2D eigenvalue weighted by Gasteiger charge is -2.30. The molecule has 1 atom stereocenters. The van der Waals surface area contributed by atoms with Crippen molar-refractivity contribution in [2.45, 2.75) is 13.0 Å². The van der Waals surface area contributed by atoms with Gasteiger partial charge in [-0.15, -0.1) is 0 Å². The minimum absolute atomic E-state index is 0.278. The Bertz CT molecular complexity index is 399. The highest BCUT2D eigenvalue weighted by molar-refractivity contribution is 5.63. The number of hydrogen-bond acceptors (Lipinski definition) is 2. The Morgan fingerprint density at radius 1 is 0.882 bits per heavy atom. The fraction of sp³-hybridized carbons (Fsp3) is 0.200. The lowest BCUT2D eigenvalue weighted by molar-refractivity contribution is 0.722. The van der Waals surface area contributed by atoms with Gasteiger partial charge in [0.25, 0.3) is 0 Å². The molecule has 2 heteroatoms. The quantitative estimate of drug-likeness (QED) is 0.867. The molecule has 0 spiro atoms. The second-order valence-corrected chi connectivity index (χ2v) is 4.13. The molecular formula is C15H18N2. The highest BCUT2D eigenvalue weighted by atomic mass is 15.2. The van der Waals surface area contributed by atoms with Crippen molar-refractivity contribution >= 4 is 11.4 Å². The molecule has 0 heterocycles. The Kier molecular flexibility index (Phi) is 3.78. The van der Waals surface area contributed by atoms with Crippen LogP contribution in [0.25, 0.3) is 0 Å². The number of nitrogens with zero attached hydrogens (tertiary/aromatic N) is 1. The van der Waals surface area contributed by atoms with Crippen LogP contribution < -0.4 is 10.6 Å². The monoisotopic (exact) mass is 226 g/mol. The Labute approximate surface area is 103 Å². The standard InChI is InChI=1S/C15H18N2/c1-13(12-16)17(14-8-4-2-5-9-14)15-10-6-3-7-11-15/h2-11,13H,12,16H2,1H3. The number of nitrogens with two attached hydrogens (primary N) is 1. The minimum Gasteiger partial charge on any atom is -0.337 e. The first-order valence-corrected chi connectivity index (χ1v) is 5.92. The smallest absolute Gasteiger partial charge is 0.0436 e. The molecule has 0 aliphatic rings. The topological polar surface area (TPSA) is 29.3 Å². The second kappa shape index (κ2) is 5.51. The summed E-state index contributed by atoms with van der Waals surface area (Å²) in [6.45, 7) is 2.77. The van der Waals surface area contributed by atoms with E-state index in [4.69, 9.17) is 5.73 Å². The van der Waals surface area contributed by atoms with Crippen LogP contribution in [0.15, 0.2) is 60.7 Å². The van der Waals surface area contributed by atoms with Gasteiger partial charge in [-0.1, -0.05) is 36.4 Å². The molecule has 0 aromatic heterocycles. The highest BCUT2D eigenvalue weighted by Crippen LogP contribution is 2.26. The van der Waals surface area contributed by atoms with Gasteiger partial charge < -0.3 is 10.6 Å². The van der Waals surface area contributed by atoms with Crippen LogP contribution in [0, 0.1) is 0 Å². The molecule has 0 saturated heterocycles. The summed E-state index contributed by atoms with van der Waals surface area (Å²) in [5.74, 6) is 0. The zero-order valence-electron chi connectivity index (χ0n) is 10.1. The zero-order chi connectivity index (χ0) is 12.1. The molecule has 1 unspecified atom stereocenters. The fourth-order valence-electron chi connectivity index (χ4n) is 1.94. The molecule has 2 aromatic rings. The predicted molar refractivity (Wildman–Crippen MR) is 73.5 cm³/mol. The van der Waals surface area contributed by atoms with Gasteiger partial charge in [-0.05, 0) is 31.2 Å². The molecule has 0 saturated carbocycles. The predicted octanol–water partition coefficient (Wildman–Crippen LogP) is 3.17. The lowest BCUT2D eigenvalue weighted by Crippen LogP contribution is -2.34. The molecule has 88 valence electrons. The van der Waals surface area contributed by atoms with Gasteiger partial charge in [0.15, 0.2) is 0 Å². The first-order valence-electron chi connectivity index (χ1n) is 5.92. The summed E-state index contributed by atoms with van der Waals surface area (Å²) in [6, 6.07) is 21.0. The third kappa shape index (κ3) is 2.66. The van der Waals surface area contributed by atoms with Crippen LogP contribution in [-0.2, 0) is 0 Å². The average molecular weight is 226 g/mol. The molecule has 17 heavy (non-hydrogen) atoms. The Balaban J connectivity index is 2.39. The number of para-hydroxylation sites is 2. The van der Waals surface area contributed by atoms with Gasteiger partial charge in [-0.2, -0.15) is 0 Å². The van der Waals surface area contributed by atoms with E-state index in [0.29, 0.717) is 6.54 Å². The van der Waals surface area contributed by atoms with Crippen molar-refractivity contribution < 1.29 is 0 Å². The summed E-state index contributed by atoms with van der Waals surface area (Å²) in [7, 11) is 0. The van der Waals surface area contributed by atoms with E-state index < -0.39 is 0 Å². The first kappa shape index (κ1) is 11.7. The molecule has 0 bridgehead atoms. The van der Waals surface area contributed by atoms with Gasteiger partial charge in [0.05, 0.1) is 0 Å². The fourth-order valence-corrected chi connectivity index (χ4v) is 1.94. The molecule has 2 rings (SSSR count). The molecule has 0 aliphatic carbocycles. The minimum atomic E-state index is 0.278. The van der Waals surface area contributed by atoms with E-state index in [2.05, 4.69) is 60.4 Å². The molecular weight excluding hydrogens is 208 g/mol. The summed E-state index contributed by atoms with van der Waals surface area (Å²) in [5, 5.41) is 0. The number of benzene rings is 2. The number of rotatable bonds is 4. The van der Waals surface area contributed by atoms with Crippen molar-refractivity contribution in [1.29, 1.82) is 0 Å². The van der Waals surface area contributed by atoms with E-state index in [9.17, 15) is 0 Å². The van der Waals surface area contributed by atoms with Crippen molar-refractivity contribution in [3.05, 3.63) is 60.7 Å². The maximum atomic E-state index is 5.81. The van der Waals surface area contributed by atoms with Crippen LogP contribution >= 0.6 is 0 Å². The van der Waals surface area contributed by atoms with Crippen LogP contribution in [0.1, 0.15) is 6.92 Å². The molecule has 0 radical (unpaired) electrons. The lowest BCUT2D eigenvalue weighted by atomic mass is 10.1. The van der Waals surface area contributed by atoms with Crippen molar-refractivity contribution in [1.82, 2.24) is 0 Å². The Hall–Kier alpha value is -1.80. The summed E-state index contributed by atoms with van der Waals surface area (Å²) in [4.78, 5) is 2.26. The van der Waals surface area contributed by atoms with Crippen molar-refractivity contribution in [3.8, 4) is 0 Å². The van der Waals surface area contributed by atoms with E-state index in [0.717, 1.165) is 0 Å². The summed E-state index contributed by atoms with van der Waals surface area (Å²) >= 11 is 0. The molecule has 2 aromatic carbocycles. The normalized spacial score (nSPS) is 12.1. The van der Waals surface area contributed by atoms with E-state index in [1.54, 1.807) is 0 Å². The highest BCUT2D eigenvalue weighted by Gasteiger charge is 2.14. The van der Waals surface area contributed by atoms with Gasteiger partial charge in [-0.3, -0.25) is 0 Å². The molecule has 0 aliphatic heterocycles. The summed E-state index contributed by atoms with van der Waals surface area (Å²) in [5.41, 5.74) is 8.16. The van der Waals surface area contributed by atoms with Crippen LogP contribution in [0.4, 0.5) is 11.4 Å². The third-order valence-electron chi connectivity index (χ3n) is 2.85. The van der Waals surface area contributed by atoms with Crippen molar-refractivity contribution in [3.63, 3.8) is 0 Å². The number of hydrogen-bond donors (Lipinski definition) is 1. The van der Waals surface area contributed by atoms with E-state index >= 15 is 0 Å². The van der Waals surface area contributed by atoms with E-state index in [1.165, 1.54) is 11.4 Å². The Morgan fingerprint density at radius 3 is 1.65 bits per heavy atom. The molecule has 0 amide bonds.